The number of hydrogen-bond donors (Lipinski definition) is 1. The number of aromatic nitrogens is 1. The molecule has 0 saturated carbocycles. The van der Waals surface area contributed by atoms with E-state index >= 15 is 0 Å². The van der Waals surface area contributed by atoms with Crippen molar-refractivity contribution in [3.05, 3.63) is 64.4 Å². The van der Waals surface area contributed by atoms with E-state index in [0.29, 0.717) is 17.5 Å². The highest BCUT2D eigenvalue weighted by Gasteiger charge is 2.17. The van der Waals surface area contributed by atoms with Gasteiger partial charge in [-0.15, -0.1) is 0 Å². The molecule has 0 aliphatic carbocycles. The predicted octanol–water partition coefficient (Wildman–Crippen LogP) is 3.52. The van der Waals surface area contributed by atoms with Crippen molar-refractivity contribution in [1.29, 1.82) is 0 Å². The van der Waals surface area contributed by atoms with Gasteiger partial charge in [-0.1, -0.05) is 23.7 Å². The summed E-state index contributed by atoms with van der Waals surface area (Å²) in [6, 6.07) is 6.05. The average molecular weight is 283 g/mol. The van der Waals surface area contributed by atoms with Gasteiger partial charge in [-0.25, -0.2) is 8.78 Å². The molecule has 5 heteroatoms. The first-order valence-electron chi connectivity index (χ1n) is 5.83. The molecule has 19 heavy (non-hydrogen) atoms. The molecule has 1 N–H and O–H groups in total. The molecule has 0 fully saturated rings. The highest BCUT2D eigenvalue weighted by molar-refractivity contribution is 6.30. The van der Waals surface area contributed by atoms with Crippen LogP contribution in [0.4, 0.5) is 8.78 Å². The summed E-state index contributed by atoms with van der Waals surface area (Å²) in [6.45, 7) is 0. The van der Waals surface area contributed by atoms with Crippen molar-refractivity contribution in [3.63, 3.8) is 0 Å². The Morgan fingerprint density at radius 1 is 1.32 bits per heavy atom. The molecule has 100 valence electrons. The predicted molar refractivity (Wildman–Crippen MR) is 71.1 cm³/mol. The highest BCUT2D eigenvalue weighted by Crippen LogP contribution is 2.24. The standard InChI is InChI=1S/C14H13ClF2N2/c1-18-13(10-5-6-19-8-12(10)16)7-9-3-2-4-11(15)14(9)17/h2-6,8,13,18H,7H2,1H3. The summed E-state index contributed by atoms with van der Waals surface area (Å²) in [5, 5.41) is 3.05. The Morgan fingerprint density at radius 2 is 2.11 bits per heavy atom. The van der Waals surface area contributed by atoms with Crippen LogP contribution in [-0.2, 0) is 6.42 Å². The number of nitrogens with zero attached hydrogens (tertiary/aromatic N) is 1. The number of halogens is 3. The fourth-order valence-corrected chi connectivity index (χ4v) is 2.16. The molecule has 0 spiro atoms. The van der Waals surface area contributed by atoms with Crippen LogP contribution in [0.25, 0.3) is 0 Å². The molecule has 0 bridgehead atoms. The van der Waals surface area contributed by atoms with E-state index in [4.69, 9.17) is 11.6 Å². The first kappa shape index (κ1) is 13.9. The van der Waals surface area contributed by atoms with Gasteiger partial charge >= 0.3 is 0 Å². The Kier molecular flexibility index (Phi) is 4.45. The van der Waals surface area contributed by atoms with Gasteiger partial charge in [-0.2, -0.15) is 0 Å². The quantitative estimate of drug-likeness (QED) is 0.928. The van der Waals surface area contributed by atoms with Crippen molar-refractivity contribution >= 4 is 11.6 Å². The van der Waals surface area contributed by atoms with E-state index in [1.54, 1.807) is 25.2 Å². The summed E-state index contributed by atoms with van der Waals surface area (Å²) < 4.78 is 27.5. The molecule has 1 atom stereocenters. The van der Waals surface area contributed by atoms with Crippen molar-refractivity contribution in [1.82, 2.24) is 10.3 Å². The van der Waals surface area contributed by atoms with Crippen molar-refractivity contribution < 1.29 is 8.78 Å². The van der Waals surface area contributed by atoms with E-state index in [0.717, 1.165) is 6.20 Å². The van der Waals surface area contributed by atoms with Crippen LogP contribution in [0, 0.1) is 11.6 Å². The molecule has 1 aromatic heterocycles. The average Bonchev–Trinajstić information content (AvgIpc) is 2.41. The minimum atomic E-state index is -0.459. The van der Waals surface area contributed by atoms with Gasteiger partial charge in [0.25, 0.3) is 0 Å². The van der Waals surface area contributed by atoms with Crippen molar-refractivity contribution in [3.8, 4) is 0 Å². The van der Waals surface area contributed by atoms with Crippen molar-refractivity contribution in [2.24, 2.45) is 0 Å². The summed E-state index contributed by atoms with van der Waals surface area (Å²) in [4.78, 5) is 3.70. The second kappa shape index (κ2) is 6.08. The third-order valence-corrected chi connectivity index (χ3v) is 3.28. The Bertz CT molecular complexity index is 575. The first-order chi connectivity index (χ1) is 9.13. The van der Waals surface area contributed by atoms with Gasteiger partial charge in [0.15, 0.2) is 0 Å². The third kappa shape index (κ3) is 3.08. The Labute approximate surface area is 115 Å². The van der Waals surface area contributed by atoms with Gasteiger partial charge in [0.2, 0.25) is 0 Å². The maximum atomic E-state index is 13.8. The lowest BCUT2D eigenvalue weighted by molar-refractivity contribution is 0.517. The van der Waals surface area contributed by atoms with Crippen LogP contribution in [0.1, 0.15) is 17.2 Å². The van der Waals surface area contributed by atoms with Crippen LogP contribution >= 0.6 is 11.6 Å². The summed E-state index contributed by atoms with van der Waals surface area (Å²) in [5.74, 6) is -0.872. The fourth-order valence-electron chi connectivity index (χ4n) is 1.96. The second-order valence-corrected chi connectivity index (χ2v) is 4.56. The monoisotopic (exact) mass is 282 g/mol. The number of nitrogens with one attached hydrogen (secondary N) is 1. The lowest BCUT2D eigenvalue weighted by Gasteiger charge is -2.17. The van der Waals surface area contributed by atoms with E-state index < -0.39 is 11.6 Å². The summed E-state index contributed by atoms with van der Waals surface area (Å²) in [6.07, 6.45) is 2.97. The molecule has 1 aromatic carbocycles. The zero-order chi connectivity index (χ0) is 13.8. The van der Waals surface area contributed by atoms with Crippen LogP contribution in [-0.4, -0.2) is 12.0 Å². The van der Waals surface area contributed by atoms with Gasteiger partial charge < -0.3 is 5.32 Å². The lowest BCUT2D eigenvalue weighted by atomic mass is 9.99. The Balaban J connectivity index is 2.30. The summed E-state index contributed by atoms with van der Waals surface area (Å²) in [7, 11) is 1.70. The van der Waals surface area contributed by atoms with E-state index in [1.165, 1.54) is 12.3 Å². The zero-order valence-corrected chi connectivity index (χ0v) is 11.1. The normalized spacial score (nSPS) is 12.4. The van der Waals surface area contributed by atoms with Crippen molar-refractivity contribution in [2.45, 2.75) is 12.5 Å². The van der Waals surface area contributed by atoms with E-state index in [-0.39, 0.29) is 11.1 Å². The van der Waals surface area contributed by atoms with Crippen LogP contribution in [0.3, 0.4) is 0 Å². The van der Waals surface area contributed by atoms with Gasteiger partial charge in [-0.05, 0) is 31.2 Å². The molecule has 0 saturated heterocycles. The van der Waals surface area contributed by atoms with Gasteiger partial charge in [0, 0.05) is 17.8 Å². The molecule has 2 nitrogen and oxygen atoms in total. The van der Waals surface area contributed by atoms with E-state index in [1.807, 2.05) is 0 Å². The summed E-state index contributed by atoms with van der Waals surface area (Å²) in [5.41, 5.74) is 0.903. The summed E-state index contributed by atoms with van der Waals surface area (Å²) >= 11 is 5.74. The number of benzene rings is 1. The number of likely N-dealkylation sites (N-methyl/N-ethyl adjacent to an activating group) is 1. The molecule has 0 amide bonds. The molecule has 1 unspecified atom stereocenters. The van der Waals surface area contributed by atoms with E-state index in [9.17, 15) is 8.78 Å². The largest absolute Gasteiger partial charge is 0.313 e. The topological polar surface area (TPSA) is 24.9 Å². The molecular weight excluding hydrogens is 270 g/mol. The maximum absolute atomic E-state index is 13.8. The lowest BCUT2D eigenvalue weighted by Crippen LogP contribution is -2.20. The zero-order valence-electron chi connectivity index (χ0n) is 10.3. The molecule has 2 rings (SSSR count). The maximum Gasteiger partial charge on any atom is 0.146 e. The molecule has 1 heterocycles. The van der Waals surface area contributed by atoms with Gasteiger partial charge in [0.1, 0.15) is 11.6 Å². The number of pyridine rings is 1. The first-order valence-corrected chi connectivity index (χ1v) is 6.21. The van der Waals surface area contributed by atoms with Crippen LogP contribution in [0.2, 0.25) is 5.02 Å². The van der Waals surface area contributed by atoms with Gasteiger partial charge in [0.05, 0.1) is 11.2 Å². The SMILES string of the molecule is CNC(Cc1cccc(Cl)c1F)c1ccncc1F. The van der Waals surface area contributed by atoms with E-state index in [2.05, 4.69) is 10.3 Å². The van der Waals surface area contributed by atoms with Gasteiger partial charge in [-0.3, -0.25) is 4.98 Å². The number of rotatable bonds is 4. The Hall–Kier alpha value is -1.52. The molecular formula is C14H13ClF2N2. The highest BCUT2D eigenvalue weighted by atomic mass is 35.5. The molecule has 0 radical (unpaired) electrons. The fraction of sp³-hybridized carbons (Fsp3) is 0.214. The third-order valence-electron chi connectivity index (χ3n) is 2.98. The second-order valence-electron chi connectivity index (χ2n) is 4.16. The Morgan fingerprint density at radius 3 is 2.79 bits per heavy atom. The van der Waals surface area contributed by atoms with Crippen LogP contribution in [0.15, 0.2) is 36.7 Å². The van der Waals surface area contributed by atoms with Crippen LogP contribution in [0.5, 0.6) is 0 Å². The molecule has 0 aliphatic rings. The smallest absolute Gasteiger partial charge is 0.146 e. The molecule has 2 aromatic rings. The number of hydrogen-bond acceptors (Lipinski definition) is 2. The van der Waals surface area contributed by atoms with Crippen LogP contribution < -0.4 is 5.32 Å². The minimum Gasteiger partial charge on any atom is -0.313 e. The minimum absolute atomic E-state index is 0.0718. The van der Waals surface area contributed by atoms with Crippen molar-refractivity contribution in [2.75, 3.05) is 7.05 Å². The molecule has 0 aliphatic heterocycles.